The van der Waals surface area contributed by atoms with Crippen LogP contribution in [-0.4, -0.2) is 36.0 Å². The molecule has 2 fully saturated rings. The second kappa shape index (κ2) is 15.0. The fraction of sp³-hybridized carbons (Fsp3) is 0.409. The number of rotatable bonds is 5. The molecule has 1 amide bonds. The molecule has 4 aliphatic rings. The number of hydrogen-bond acceptors (Lipinski definition) is 6. The van der Waals surface area contributed by atoms with Gasteiger partial charge in [-0.05, 0) is 109 Å². The van der Waals surface area contributed by atoms with Crippen molar-refractivity contribution >= 4 is 40.8 Å². The number of amides is 1. The second-order valence-electron chi connectivity index (χ2n) is 15.5. The van der Waals surface area contributed by atoms with Crippen molar-refractivity contribution in [2.75, 3.05) is 11.9 Å². The van der Waals surface area contributed by atoms with Crippen LogP contribution < -0.4 is 14.4 Å². The van der Waals surface area contributed by atoms with E-state index in [1.165, 1.54) is 12.0 Å². The normalized spacial score (nSPS) is 27.3. The molecule has 8 rings (SSSR count). The number of ether oxygens (including phenoxy) is 3. The largest absolute Gasteiger partial charge is 0.489 e. The molecule has 9 heteroatoms. The van der Waals surface area contributed by atoms with Gasteiger partial charge in [0, 0.05) is 25.2 Å². The molecule has 0 N–H and O–H groups in total. The number of esters is 1. The summed E-state index contributed by atoms with van der Waals surface area (Å²) in [5.41, 5.74) is 5.73. The summed E-state index contributed by atoms with van der Waals surface area (Å²) in [5.74, 6) is 2.44. The first kappa shape index (κ1) is 36.0. The number of carbonyl (C=O) groups is 2. The van der Waals surface area contributed by atoms with Gasteiger partial charge in [-0.3, -0.25) is 14.5 Å². The summed E-state index contributed by atoms with van der Waals surface area (Å²) in [5, 5.41) is 0.980. The Labute approximate surface area is 322 Å². The molecule has 1 unspecified atom stereocenters. The molecule has 53 heavy (non-hydrogen) atoms. The summed E-state index contributed by atoms with van der Waals surface area (Å²) in [7, 11) is 1.79. The monoisotopic (exact) mass is 752 g/mol. The maximum atomic E-state index is 14.3. The first-order chi connectivity index (χ1) is 25.6. The second-order valence-corrected chi connectivity index (χ2v) is 16.3. The van der Waals surface area contributed by atoms with E-state index < -0.39 is 12.1 Å². The highest BCUT2D eigenvalue weighted by molar-refractivity contribution is 6.42. The third-order valence-corrected chi connectivity index (χ3v) is 12.8. The molecule has 3 aliphatic heterocycles. The number of carbonyl (C=O) groups excluding carboxylic acids is 2. The lowest BCUT2D eigenvalue weighted by Gasteiger charge is -2.45. The van der Waals surface area contributed by atoms with Gasteiger partial charge in [-0.1, -0.05) is 92.0 Å². The van der Waals surface area contributed by atoms with Gasteiger partial charge in [-0.15, -0.1) is 0 Å². The number of likely N-dealkylation sites (N-methyl/N-ethyl adjacent to an activating group) is 1. The van der Waals surface area contributed by atoms with Crippen LogP contribution in [0, 0.1) is 17.8 Å². The van der Waals surface area contributed by atoms with E-state index in [2.05, 4.69) is 49.1 Å². The fourth-order valence-electron chi connectivity index (χ4n) is 8.94. The van der Waals surface area contributed by atoms with E-state index in [1.807, 2.05) is 42.5 Å². The molecule has 0 bridgehead atoms. The molecule has 1 aliphatic carbocycles. The number of halogens is 2. The molecule has 0 spiro atoms. The first-order valence-electron chi connectivity index (χ1n) is 18.9. The van der Waals surface area contributed by atoms with Gasteiger partial charge >= 0.3 is 5.97 Å². The van der Waals surface area contributed by atoms with E-state index in [9.17, 15) is 9.59 Å². The van der Waals surface area contributed by atoms with Gasteiger partial charge in [-0.25, -0.2) is 0 Å². The molecule has 0 aromatic heterocycles. The maximum absolute atomic E-state index is 14.3. The Hall–Kier alpha value is -4.04. The maximum Gasteiger partial charge on any atom is 0.324 e. The smallest absolute Gasteiger partial charge is 0.324 e. The molecule has 1 saturated heterocycles. The summed E-state index contributed by atoms with van der Waals surface area (Å²) >= 11 is 12.2. The molecule has 0 radical (unpaired) electrons. The zero-order chi connectivity index (χ0) is 36.8. The van der Waals surface area contributed by atoms with Gasteiger partial charge in [0.1, 0.15) is 30.3 Å². The summed E-state index contributed by atoms with van der Waals surface area (Å²) in [6.07, 6.45) is 4.94. The minimum absolute atomic E-state index is 0.0430. The lowest BCUT2D eigenvalue weighted by molar-refractivity contribution is -0.166. The van der Waals surface area contributed by atoms with Crippen molar-refractivity contribution in [1.29, 1.82) is 0 Å². The van der Waals surface area contributed by atoms with Crippen molar-refractivity contribution in [3.05, 3.63) is 123 Å². The summed E-state index contributed by atoms with van der Waals surface area (Å²) in [6.45, 7) is 5.54. The van der Waals surface area contributed by atoms with Crippen LogP contribution in [0.15, 0.2) is 84.9 Å². The van der Waals surface area contributed by atoms with Crippen molar-refractivity contribution in [3.8, 4) is 11.5 Å². The van der Waals surface area contributed by atoms with Crippen LogP contribution in [0.2, 0.25) is 10.0 Å². The van der Waals surface area contributed by atoms with Crippen LogP contribution in [0.1, 0.15) is 85.9 Å². The van der Waals surface area contributed by atoms with Crippen LogP contribution in [0.5, 0.6) is 11.5 Å². The fourth-order valence-corrected chi connectivity index (χ4v) is 9.26. The van der Waals surface area contributed by atoms with E-state index in [4.69, 9.17) is 37.4 Å². The predicted molar refractivity (Wildman–Crippen MR) is 207 cm³/mol. The predicted octanol–water partition coefficient (Wildman–Crippen LogP) is 9.91. The Balaban J connectivity index is 1.06. The summed E-state index contributed by atoms with van der Waals surface area (Å²) in [4.78, 5) is 32.2. The Kier molecular flexibility index (Phi) is 10.2. The SMILES string of the molecule is CC1CC[C@H](c2ccccc2)N2Cc3cc4c(cc3C[C@H]2C(=O)O[C@@H]2C[C@H](C)CC[C@@H]12)N(C)C(=O)[C@H](c1ccc(OCc2ccc(Cl)c(Cl)c2)cc1)O4. The molecule has 7 nitrogen and oxygen atoms in total. The Morgan fingerprint density at radius 1 is 0.792 bits per heavy atom. The molecule has 1 saturated carbocycles. The van der Waals surface area contributed by atoms with E-state index in [0.29, 0.717) is 64.6 Å². The van der Waals surface area contributed by atoms with Crippen LogP contribution in [-0.2, 0) is 33.9 Å². The van der Waals surface area contributed by atoms with E-state index in [0.717, 1.165) is 47.9 Å². The van der Waals surface area contributed by atoms with Crippen molar-refractivity contribution in [2.45, 2.75) is 89.8 Å². The molecule has 4 aromatic carbocycles. The Morgan fingerprint density at radius 2 is 1.58 bits per heavy atom. The standard InChI is InChI=1S/C44H46Cl2N2O5/c1-26-9-16-34-27(2)10-18-37(29-7-5-4-6-8-29)48-24-32-23-41-38(21-31(32)22-39(48)44(50)53-40(34)19-26)47(3)43(49)42(52-41)30-12-14-33(15-13-30)51-25-28-11-17-35(45)36(46)20-28/h4-8,11-15,17,20-21,23,26-27,34,37,39-40,42H,9-10,16,18-19,22,24-25H2,1-3H3/t26-,27?,34+,37-,39+,40-,42+/m1/s1. The van der Waals surface area contributed by atoms with Crippen LogP contribution in [0.4, 0.5) is 5.69 Å². The van der Waals surface area contributed by atoms with Crippen molar-refractivity contribution in [3.63, 3.8) is 0 Å². The van der Waals surface area contributed by atoms with Crippen molar-refractivity contribution in [1.82, 2.24) is 4.90 Å². The van der Waals surface area contributed by atoms with Crippen LogP contribution in [0.25, 0.3) is 0 Å². The molecule has 3 heterocycles. The molecule has 7 atom stereocenters. The minimum atomic E-state index is -0.806. The summed E-state index contributed by atoms with van der Waals surface area (Å²) in [6, 6.07) is 27.2. The number of anilines is 1. The Morgan fingerprint density at radius 3 is 2.36 bits per heavy atom. The van der Waals surface area contributed by atoms with E-state index in [1.54, 1.807) is 24.1 Å². The summed E-state index contributed by atoms with van der Waals surface area (Å²) < 4.78 is 19.0. The number of fused-ring (bicyclic) bond motifs is 4. The van der Waals surface area contributed by atoms with Gasteiger partial charge in [0.15, 0.2) is 0 Å². The quantitative estimate of drug-likeness (QED) is 0.189. The highest BCUT2D eigenvalue weighted by atomic mass is 35.5. The number of benzene rings is 4. The molecular formula is C44H46Cl2N2O5. The van der Waals surface area contributed by atoms with Crippen LogP contribution >= 0.6 is 23.2 Å². The topological polar surface area (TPSA) is 68.3 Å². The van der Waals surface area contributed by atoms with Crippen molar-refractivity contribution < 1.29 is 23.8 Å². The lowest BCUT2D eigenvalue weighted by atomic mass is 9.72. The third-order valence-electron chi connectivity index (χ3n) is 12.0. The van der Waals surface area contributed by atoms with Crippen LogP contribution in [0.3, 0.4) is 0 Å². The highest BCUT2D eigenvalue weighted by Crippen LogP contribution is 2.46. The highest BCUT2D eigenvalue weighted by Gasteiger charge is 2.44. The minimum Gasteiger partial charge on any atom is -0.489 e. The molecule has 4 aromatic rings. The van der Waals surface area contributed by atoms with Gasteiger partial charge in [-0.2, -0.15) is 0 Å². The van der Waals surface area contributed by atoms with E-state index >= 15 is 0 Å². The van der Waals surface area contributed by atoms with Gasteiger partial charge in [0.05, 0.1) is 15.7 Å². The van der Waals surface area contributed by atoms with Crippen molar-refractivity contribution in [2.24, 2.45) is 17.8 Å². The number of hydrogen-bond donors (Lipinski definition) is 0. The zero-order valence-corrected chi connectivity index (χ0v) is 32.0. The average molecular weight is 754 g/mol. The zero-order valence-electron chi connectivity index (χ0n) is 30.5. The molecular weight excluding hydrogens is 707 g/mol. The number of nitrogens with zero attached hydrogens (tertiary/aromatic N) is 2. The average Bonchev–Trinajstić information content (AvgIpc) is 3.16. The molecule has 276 valence electrons. The lowest BCUT2D eigenvalue weighted by Crippen LogP contribution is -2.51. The van der Waals surface area contributed by atoms with Gasteiger partial charge in [0.25, 0.3) is 5.91 Å². The first-order valence-corrected chi connectivity index (χ1v) is 19.7. The van der Waals surface area contributed by atoms with Gasteiger partial charge < -0.3 is 19.1 Å². The van der Waals surface area contributed by atoms with E-state index in [-0.39, 0.29) is 24.0 Å². The third kappa shape index (κ3) is 7.28. The Bertz CT molecular complexity index is 1990. The van der Waals surface area contributed by atoms with Gasteiger partial charge in [0.2, 0.25) is 6.10 Å².